The average Bonchev–Trinajstić information content (AvgIpc) is 2.04. The van der Waals surface area contributed by atoms with Crippen LogP contribution in [0.25, 0.3) is 0 Å². The molecule has 0 amide bonds. The number of hydrogen-bond donors (Lipinski definition) is 0. The van der Waals surface area contributed by atoms with E-state index < -0.39 is 7.82 Å². The van der Waals surface area contributed by atoms with Crippen LogP contribution in [0.1, 0.15) is 6.92 Å². The van der Waals surface area contributed by atoms with Gasteiger partial charge in [-0.3, -0.25) is 9.05 Å². The first-order valence-electron chi connectivity index (χ1n) is 2.76. The van der Waals surface area contributed by atoms with Gasteiger partial charge >= 0.3 is 7.82 Å². The second-order valence-corrected chi connectivity index (χ2v) is 3.89. The molecule has 0 fully saturated rings. The Morgan fingerprint density at radius 3 is 2.18 bits per heavy atom. The lowest BCUT2D eigenvalue weighted by Crippen LogP contribution is -1.92. The standard InChI is InChI=1S/C5H10BrO4P/c1-5(4-6)10-11(7,8-2)9-3/h4H,1-3H3/b5-4+. The van der Waals surface area contributed by atoms with Gasteiger partial charge in [0.15, 0.2) is 0 Å². The van der Waals surface area contributed by atoms with Crippen LogP contribution in [0.4, 0.5) is 0 Å². The molecule has 0 unspecified atom stereocenters. The molecule has 0 aromatic heterocycles. The van der Waals surface area contributed by atoms with E-state index in [4.69, 9.17) is 4.52 Å². The van der Waals surface area contributed by atoms with Crippen molar-refractivity contribution in [3.8, 4) is 0 Å². The summed E-state index contributed by atoms with van der Waals surface area (Å²) in [6.07, 6.45) is 0. The predicted molar refractivity (Wildman–Crippen MR) is 45.4 cm³/mol. The highest BCUT2D eigenvalue weighted by molar-refractivity contribution is 9.11. The molecule has 0 rings (SSSR count). The zero-order valence-electron chi connectivity index (χ0n) is 6.54. The zero-order valence-corrected chi connectivity index (χ0v) is 9.02. The maximum Gasteiger partial charge on any atom is 0.529 e. The third-order valence-electron chi connectivity index (χ3n) is 0.857. The molecular formula is C5H10BrO4P. The Kier molecular flexibility index (Phi) is 5.01. The predicted octanol–water partition coefficient (Wildman–Crippen LogP) is 2.66. The number of phosphoric ester groups is 1. The van der Waals surface area contributed by atoms with Crippen LogP contribution in [-0.4, -0.2) is 14.2 Å². The molecule has 0 spiro atoms. The minimum atomic E-state index is -3.35. The lowest BCUT2D eigenvalue weighted by molar-refractivity contribution is 0.184. The molecule has 0 radical (unpaired) electrons. The zero-order chi connectivity index (χ0) is 8.91. The van der Waals surface area contributed by atoms with Crippen molar-refractivity contribution in [1.82, 2.24) is 0 Å². The number of phosphoric acid groups is 1. The Morgan fingerprint density at radius 1 is 1.45 bits per heavy atom. The number of halogens is 1. The van der Waals surface area contributed by atoms with Crippen molar-refractivity contribution in [2.45, 2.75) is 6.92 Å². The van der Waals surface area contributed by atoms with Crippen LogP contribution in [0.5, 0.6) is 0 Å². The number of hydrogen-bond acceptors (Lipinski definition) is 4. The Morgan fingerprint density at radius 2 is 1.91 bits per heavy atom. The Hall–Kier alpha value is 0.170. The van der Waals surface area contributed by atoms with Gasteiger partial charge < -0.3 is 4.52 Å². The summed E-state index contributed by atoms with van der Waals surface area (Å²) < 4.78 is 25.0. The van der Waals surface area contributed by atoms with Gasteiger partial charge in [-0.05, 0) is 6.92 Å². The van der Waals surface area contributed by atoms with E-state index in [9.17, 15) is 4.57 Å². The maximum absolute atomic E-state index is 11.2. The topological polar surface area (TPSA) is 44.8 Å². The van der Waals surface area contributed by atoms with Crippen molar-refractivity contribution in [2.24, 2.45) is 0 Å². The van der Waals surface area contributed by atoms with Crippen molar-refractivity contribution in [1.29, 1.82) is 0 Å². The van der Waals surface area contributed by atoms with Crippen LogP contribution in [0, 0.1) is 0 Å². The molecular weight excluding hydrogens is 235 g/mol. The van der Waals surface area contributed by atoms with Gasteiger partial charge in [-0.1, -0.05) is 15.9 Å². The lowest BCUT2D eigenvalue weighted by atomic mass is 10.7. The van der Waals surface area contributed by atoms with Crippen molar-refractivity contribution in [3.63, 3.8) is 0 Å². The largest absolute Gasteiger partial charge is 0.529 e. The first-order valence-corrected chi connectivity index (χ1v) is 5.13. The fraction of sp³-hybridized carbons (Fsp3) is 0.600. The van der Waals surface area contributed by atoms with Crippen LogP contribution in [0.15, 0.2) is 10.7 Å². The minimum absolute atomic E-state index is 0.428. The van der Waals surface area contributed by atoms with Gasteiger partial charge in [0.25, 0.3) is 0 Å². The lowest BCUT2D eigenvalue weighted by Gasteiger charge is -2.13. The molecule has 0 aromatic rings. The summed E-state index contributed by atoms with van der Waals surface area (Å²) in [6, 6.07) is 0. The Balaban J connectivity index is 4.20. The van der Waals surface area contributed by atoms with Crippen molar-refractivity contribution in [3.05, 3.63) is 10.7 Å². The average molecular weight is 245 g/mol. The van der Waals surface area contributed by atoms with E-state index in [-0.39, 0.29) is 0 Å². The Bertz CT molecular complexity index is 183. The third kappa shape index (κ3) is 3.91. The minimum Gasteiger partial charge on any atom is -0.408 e. The van der Waals surface area contributed by atoms with Crippen LogP contribution in [0.3, 0.4) is 0 Å². The summed E-state index contributed by atoms with van der Waals surface area (Å²) in [5.74, 6) is 0.428. The van der Waals surface area contributed by atoms with Gasteiger partial charge in [0.1, 0.15) is 5.76 Å². The quantitative estimate of drug-likeness (QED) is 0.564. The number of allylic oxidation sites excluding steroid dienone is 1. The fourth-order valence-corrected chi connectivity index (χ4v) is 1.29. The van der Waals surface area contributed by atoms with Crippen molar-refractivity contribution in [2.75, 3.05) is 14.2 Å². The monoisotopic (exact) mass is 244 g/mol. The molecule has 0 N–H and O–H groups in total. The molecule has 0 aliphatic carbocycles. The molecule has 0 bridgehead atoms. The first-order chi connectivity index (χ1) is 5.08. The van der Waals surface area contributed by atoms with Gasteiger partial charge in [0, 0.05) is 19.2 Å². The molecule has 0 atom stereocenters. The van der Waals surface area contributed by atoms with E-state index in [2.05, 4.69) is 25.0 Å². The molecule has 0 heterocycles. The van der Waals surface area contributed by atoms with Crippen LogP contribution in [0.2, 0.25) is 0 Å². The molecule has 0 aliphatic rings. The van der Waals surface area contributed by atoms with Crippen LogP contribution >= 0.6 is 23.8 Å². The molecule has 0 aromatic carbocycles. The summed E-state index contributed by atoms with van der Waals surface area (Å²) in [7, 11) is -0.841. The Labute approximate surface area is 74.3 Å². The van der Waals surface area contributed by atoms with Crippen LogP contribution < -0.4 is 0 Å². The molecule has 4 nitrogen and oxygen atoms in total. The van der Waals surface area contributed by atoms with Gasteiger partial charge in [-0.25, -0.2) is 4.57 Å². The maximum atomic E-state index is 11.2. The van der Waals surface area contributed by atoms with E-state index in [1.54, 1.807) is 6.92 Å². The highest BCUT2D eigenvalue weighted by atomic mass is 79.9. The van der Waals surface area contributed by atoms with Crippen molar-refractivity contribution < 1.29 is 18.1 Å². The third-order valence-corrected chi connectivity index (χ3v) is 2.91. The highest BCUT2D eigenvalue weighted by Crippen LogP contribution is 2.49. The van der Waals surface area contributed by atoms with Gasteiger partial charge in [-0.2, -0.15) is 0 Å². The SMILES string of the molecule is COP(=O)(OC)O/C(C)=C/Br. The van der Waals surface area contributed by atoms with Crippen molar-refractivity contribution >= 4 is 23.8 Å². The van der Waals surface area contributed by atoms with E-state index in [1.165, 1.54) is 19.2 Å². The normalized spacial score (nSPS) is 13.3. The summed E-state index contributed by atoms with van der Waals surface area (Å²) in [5.41, 5.74) is 0. The molecule has 0 aliphatic heterocycles. The fourth-order valence-electron chi connectivity index (χ4n) is 0.345. The second kappa shape index (κ2) is 4.93. The van der Waals surface area contributed by atoms with Crippen LogP contribution in [-0.2, 0) is 18.1 Å². The van der Waals surface area contributed by atoms with Gasteiger partial charge in [-0.15, -0.1) is 0 Å². The van der Waals surface area contributed by atoms with E-state index >= 15 is 0 Å². The smallest absolute Gasteiger partial charge is 0.408 e. The molecule has 0 saturated carbocycles. The van der Waals surface area contributed by atoms with Gasteiger partial charge in [0.05, 0.1) is 0 Å². The summed E-state index contributed by atoms with van der Waals surface area (Å²) in [5, 5.41) is 0. The summed E-state index contributed by atoms with van der Waals surface area (Å²) in [6.45, 7) is 1.62. The molecule has 0 saturated heterocycles. The van der Waals surface area contributed by atoms with Gasteiger partial charge in [0.2, 0.25) is 0 Å². The first kappa shape index (κ1) is 11.2. The second-order valence-electron chi connectivity index (χ2n) is 1.62. The van der Waals surface area contributed by atoms with E-state index in [0.29, 0.717) is 5.76 Å². The van der Waals surface area contributed by atoms with E-state index in [0.717, 1.165) is 0 Å². The summed E-state index contributed by atoms with van der Waals surface area (Å²) >= 11 is 3.01. The summed E-state index contributed by atoms with van der Waals surface area (Å²) in [4.78, 5) is 1.48. The molecule has 66 valence electrons. The highest BCUT2D eigenvalue weighted by Gasteiger charge is 2.23. The molecule has 11 heavy (non-hydrogen) atoms. The van der Waals surface area contributed by atoms with E-state index in [1.807, 2.05) is 0 Å². The number of rotatable bonds is 4. The molecule has 6 heteroatoms.